The zero-order valence-electron chi connectivity index (χ0n) is 13.7. The van der Waals surface area contributed by atoms with Gasteiger partial charge in [-0.25, -0.2) is 15.0 Å². The molecule has 3 rings (SSSR count). The second kappa shape index (κ2) is 7.30. The molecule has 2 atom stereocenters. The SMILES string of the molecule is NC(=O)NN1c2cc(Cl)cc(Cl)c2[C@H](C2CCCCC2)C[C@H]1C(=O)O. The molecule has 1 aliphatic carbocycles. The van der Waals surface area contributed by atoms with Crippen molar-refractivity contribution in [2.24, 2.45) is 11.7 Å². The molecule has 0 unspecified atom stereocenters. The number of hydrazine groups is 1. The van der Waals surface area contributed by atoms with Gasteiger partial charge in [0.05, 0.1) is 5.69 Å². The predicted octanol–water partition coefficient (Wildman–Crippen LogP) is 3.90. The van der Waals surface area contributed by atoms with Crippen molar-refractivity contribution in [3.63, 3.8) is 0 Å². The molecule has 0 aromatic heterocycles. The molecule has 1 fully saturated rings. The summed E-state index contributed by atoms with van der Waals surface area (Å²) in [5.41, 5.74) is 9.04. The number of fused-ring (bicyclic) bond motifs is 1. The summed E-state index contributed by atoms with van der Waals surface area (Å²) in [7, 11) is 0. The fraction of sp³-hybridized carbons (Fsp3) is 0.529. The maximum atomic E-state index is 11.9. The number of carbonyl (C=O) groups excluding carboxylic acids is 1. The van der Waals surface area contributed by atoms with Gasteiger partial charge in [0, 0.05) is 10.0 Å². The van der Waals surface area contributed by atoms with E-state index in [4.69, 9.17) is 28.9 Å². The Balaban J connectivity index is 2.10. The summed E-state index contributed by atoms with van der Waals surface area (Å²) in [4.78, 5) is 23.3. The van der Waals surface area contributed by atoms with Gasteiger partial charge in [-0.2, -0.15) is 0 Å². The molecule has 1 aromatic carbocycles. The number of nitrogens with two attached hydrogens (primary N) is 1. The van der Waals surface area contributed by atoms with Gasteiger partial charge in [0.2, 0.25) is 0 Å². The van der Waals surface area contributed by atoms with Crippen molar-refractivity contribution in [3.8, 4) is 0 Å². The number of aliphatic carboxylic acids is 1. The number of hydrogen-bond donors (Lipinski definition) is 3. The van der Waals surface area contributed by atoms with Gasteiger partial charge in [-0.3, -0.25) is 5.01 Å². The van der Waals surface area contributed by atoms with Crippen LogP contribution in [-0.2, 0) is 4.79 Å². The standard InChI is InChI=1S/C17H21Cl2N3O3/c18-10-6-12(19)15-11(9-4-2-1-3-5-9)8-14(16(23)24)22(13(15)7-10)21-17(20)25/h6-7,9,11,14H,1-5,8H2,(H,23,24)(H3,20,21,25)/t11-,14-/m0/s1. The van der Waals surface area contributed by atoms with Crippen LogP contribution < -0.4 is 16.2 Å². The highest BCUT2D eigenvalue weighted by Gasteiger charge is 2.42. The Labute approximate surface area is 156 Å². The molecule has 0 bridgehead atoms. The number of anilines is 1. The summed E-state index contributed by atoms with van der Waals surface area (Å²) in [6.07, 6.45) is 5.97. The lowest BCUT2D eigenvalue weighted by Crippen LogP contribution is -2.56. The number of urea groups is 1. The third-order valence-electron chi connectivity index (χ3n) is 5.23. The lowest BCUT2D eigenvalue weighted by Gasteiger charge is -2.43. The molecule has 0 saturated heterocycles. The zero-order chi connectivity index (χ0) is 18.1. The smallest absolute Gasteiger partial charge is 0.331 e. The first-order valence-corrected chi connectivity index (χ1v) is 9.21. The Morgan fingerprint density at radius 3 is 2.48 bits per heavy atom. The van der Waals surface area contributed by atoms with E-state index >= 15 is 0 Å². The topological polar surface area (TPSA) is 95.7 Å². The fourth-order valence-electron chi connectivity index (χ4n) is 4.20. The lowest BCUT2D eigenvalue weighted by molar-refractivity contribution is -0.139. The minimum absolute atomic E-state index is 0.0205. The normalized spacial score (nSPS) is 23.8. The molecule has 8 heteroatoms. The summed E-state index contributed by atoms with van der Waals surface area (Å²) in [5.74, 6) is -0.618. The summed E-state index contributed by atoms with van der Waals surface area (Å²) in [6, 6.07) is 1.57. The summed E-state index contributed by atoms with van der Waals surface area (Å²) in [6.45, 7) is 0. The Hall–Kier alpha value is -1.66. The summed E-state index contributed by atoms with van der Waals surface area (Å²) in [5, 5.41) is 11.9. The Morgan fingerprint density at radius 2 is 1.88 bits per heavy atom. The van der Waals surface area contributed by atoms with E-state index in [0.717, 1.165) is 31.2 Å². The van der Waals surface area contributed by atoms with Crippen LogP contribution in [0.1, 0.15) is 50.0 Å². The number of carboxylic acid groups (broad SMARTS) is 1. The first kappa shape index (κ1) is 18.1. The molecule has 1 aromatic rings. The molecule has 6 nitrogen and oxygen atoms in total. The highest BCUT2D eigenvalue weighted by molar-refractivity contribution is 6.35. The Bertz CT molecular complexity index is 692. The van der Waals surface area contributed by atoms with Crippen molar-refractivity contribution in [2.45, 2.75) is 50.5 Å². The minimum Gasteiger partial charge on any atom is -0.480 e. The first-order chi connectivity index (χ1) is 11.9. The van der Waals surface area contributed by atoms with Gasteiger partial charge >= 0.3 is 12.0 Å². The van der Waals surface area contributed by atoms with Crippen LogP contribution in [0.4, 0.5) is 10.5 Å². The van der Waals surface area contributed by atoms with Crippen LogP contribution in [0.3, 0.4) is 0 Å². The van der Waals surface area contributed by atoms with Crippen LogP contribution in [-0.4, -0.2) is 23.1 Å². The Kier molecular flexibility index (Phi) is 5.29. The molecule has 1 aliphatic heterocycles. The number of nitrogens with zero attached hydrogens (tertiary/aromatic N) is 1. The second-order valence-electron chi connectivity index (χ2n) is 6.76. The monoisotopic (exact) mass is 385 g/mol. The minimum atomic E-state index is -1.02. The number of nitrogens with one attached hydrogen (secondary N) is 1. The highest BCUT2D eigenvalue weighted by Crippen LogP contribution is 2.49. The van der Waals surface area contributed by atoms with E-state index in [1.54, 1.807) is 12.1 Å². The number of rotatable bonds is 3. The molecule has 1 heterocycles. The van der Waals surface area contributed by atoms with E-state index in [9.17, 15) is 14.7 Å². The van der Waals surface area contributed by atoms with Crippen molar-refractivity contribution in [2.75, 3.05) is 5.01 Å². The van der Waals surface area contributed by atoms with E-state index in [1.807, 2.05) is 0 Å². The van der Waals surface area contributed by atoms with Crippen molar-refractivity contribution in [1.82, 2.24) is 5.43 Å². The van der Waals surface area contributed by atoms with Crippen LogP contribution in [0, 0.1) is 5.92 Å². The highest BCUT2D eigenvalue weighted by atomic mass is 35.5. The number of hydrogen-bond acceptors (Lipinski definition) is 3. The van der Waals surface area contributed by atoms with Crippen molar-refractivity contribution < 1.29 is 14.7 Å². The van der Waals surface area contributed by atoms with Gasteiger partial charge in [-0.05, 0) is 48.8 Å². The molecule has 2 amide bonds. The third-order valence-corrected chi connectivity index (χ3v) is 5.76. The van der Waals surface area contributed by atoms with Crippen LogP contribution >= 0.6 is 23.2 Å². The van der Waals surface area contributed by atoms with Crippen LogP contribution in [0.5, 0.6) is 0 Å². The van der Waals surface area contributed by atoms with Gasteiger partial charge in [-0.1, -0.05) is 42.5 Å². The number of halogens is 2. The van der Waals surface area contributed by atoms with Gasteiger partial charge in [0.25, 0.3) is 0 Å². The molecular formula is C17H21Cl2N3O3. The van der Waals surface area contributed by atoms with Gasteiger partial charge in [-0.15, -0.1) is 0 Å². The molecular weight excluding hydrogens is 365 g/mol. The molecule has 0 radical (unpaired) electrons. The maximum absolute atomic E-state index is 11.9. The maximum Gasteiger partial charge on any atom is 0.331 e. The molecule has 4 N–H and O–H groups in total. The quantitative estimate of drug-likeness (QED) is 0.734. The summed E-state index contributed by atoms with van der Waals surface area (Å²) >= 11 is 12.6. The van der Waals surface area contributed by atoms with Crippen LogP contribution in [0.15, 0.2) is 12.1 Å². The van der Waals surface area contributed by atoms with E-state index in [0.29, 0.717) is 28.1 Å². The number of benzene rings is 1. The number of carbonyl (C=O) groups is 2. The average molecular weight is 386 g/mol. The predicted molar refractivity (Wildman–Crippen MR) is 97.0 cm³/mol. The van der Waals surface area contributed by atoms with Crippen LogP contribution in [0.25, 0.3) is 0 Å². The number of primary amides is 1. The van der Waals surface area contributed by atoms with Gasteiger partial charge in [0.1, 0.15) is 6.04 Å². The fourth-order valence-corrected chi connectivity index (χ4v) is 4.82. The van der Waals surface area contributed by atoms with Crippen molar-refractivity contribution in [1.29, 1.82) is 0 Å². The van der Waals surface area contributed by atoms with E-state index in [-0.39, 0.29) is 5.92 Å². The van der Waals surface area contributed by atoms with Gasteiger partial charge in [0.15, 0.2) is 0 Å². The Morgan fingerprint density at radius 1 is 1.20 bits per heavy atom. The molecule has 1 saturated carbocycles. The second-order valence-corrected chi connectivity index (χ2v) is 7.60. The summed E-state index contributed by atoms with van der Waals surface area (Å²) < 4.78 is 0. The first-order valence-electron chi connectivity index (χ1n) is 8.45. The van der Waals surface area contributed by atoms with Gasteiger partial charge < -0.3 is 10.8 Å². The average Bonchev–Trinajstić information content (AvgIpc) is 2.55. The zero-order valence-corrected chi connectivity index (χ0v) is 15.2. The lowest BCUT2D eigenvalue weighted by atomic mass is 9.72. The van der Waals surface area contributed by atoms with Crippen molar-refractivity contribution in [3.05, 3.63) is 27.7 Å². The molecule has 25 heavy (non-hydrogen) atoms. The largest absolute Gasteiger partial charge is 0.480 e. The van der Waals surface area contributed by atoms with Crippen molar-refractivity contribution >= 4 is 40.9 Å². The molecule has 0 spiro atoms. The number of amides is 2. The van der Waals surface area contributed by atoms with Crippen LogP contribution in [0.2, 0.25) is 10.0 Å². The van der Waals surface area contributed by atoms with E-state index in [2.05, 4.69) is 5.43 Å². The molecule has 136 valence electrons. The third kappa shape index (κ3) is 3.65. The van der Waals surface area contributed by atoms with E-state index < -0.39 is 18.0 Å². The molecule has 2 aliphatic rings. The van der Waals surface area contributed by atoms with E-state index in [1.165, 1.54) is 11.4 Å². The number of carboxylic acids is 1.